The second-order valence-electron chi connectivity index (χ2n) is 7.41. The summed E-state index contributed by atoms with van der Waals surface area (Å²) in [4.78, 5) is 4.03. The van der Waals surface area contributed by atoms with Crippen molar-refractivity contribution in [3.63, 3.8) is 0 Å². The predicted octanol–water partition coefficient (Wildman–Crippen LogP) is 3.42. The molecule has 0 spiro atoms. The first kappa shape index (κ1) is 18.5. The molecular weight excluding hydrogens is 305 g/mol. The van der Waals surface area contributed by atoms with Crippen molar-refractivity contribution in [1.29, 1.82) is 0 Å². The van der Waals surface area contributed by atoms with Gasteiger partial charge in [-0.3, -0.25) is 4.98 Å². The van der Waals surface area contributed by atoms with E-state index in [2.05, 4.69) is 24.1 Å². The first-order chi connectivity index (χ1) is 11.3. The fourth-order valence-electron chi connectivity index (χ4n) is 3.09. The van der Waals surface area contributed by atoms with E-state index in [1.54, 1.807) is 12.4 Å². The normalized spacial score (nSPS) is 23.1. The van der Waals surface area contributed by atoms with Crippen LogP contribution >= 0.6 is 0 Å². The maximum atomic E-state index is 13.5. The number of ether oxygens (including phenoxy) is 1. The molecule has 1 aliphatic rings. The van der Waals surface area contributed by atoms with Gasteiger partial charge in [0.25, 0.3) is 0 Å². The second kappa shape index (κ2) is 7.34. The minimum atomic E-state index is -0.619. The summed E-state index contributed by atoms with van der Waals surface area (Å²) in [5, 5.41) is 3.25. The van der Waals surface area contributed by atoms with Crippen molar-refractivity contribution >= 4 is 0 Å². The number of nitrogens with two attached hydrogens (primary N) is 1. The number of alkyl halides is 1. The average Bonchev–Trinajstić information content (AvgIpc) is 2.53. The van der Waals surface area contributed by atoms with Crippen molar-refractivity contribution in [2.24, 2.45) is 11.7 Å². The number of nitrogens with zero attached hydrogens (tertiary/aromatic N) is 1. The van der Waals surface area contributed by atoms with Crippen LogP contribution in [0, 0.1) is 5.92 Å². The molecule has 2 rings (SSSR count). The third-order valence-corrected chi connectivity index (χ3v) is 4.12. The minimum Gasteiger partial charge on any atom is -0.490 e. The molecule has 5 heteroatoms. The Bertz CT molecular complexity index is 610. The molecule has 1 aromatic rings. The molecule has 2 heterocycles. The summed E-state index contributed by atoms with van der Waals surface area (Å²) in [6, 6.07) is 3.83. The summed E-state index contributed by atoms with van der Waals surface area (Å²) in [5.74, 6) is 0.998. The number of hydrogen-bond acceptors (Lipinski definition) is 4. The topological polar surface area (TPSA) is 60.2 Å². The molecule has 0 amide bonds. The van der Waals surface area contributed by atoms with Crippen LogP contribution in [-0.2, 0) is 10.3 Å². The maximum Gasteiger partial charge on any atom is 0.140 e. The van der Waals surface area contributed by atoms with Gasteiger partial charge in [0.15, 0.2) is 0 Å². The highest BCUT2D eigenvalue weighted by molar-refractivity contribution is 5.37. The van der Waals surface area contributed by atoms with Crippen LogP contribution in [0.4, 0.5) is 4.39 Å². The number of dihydropyridines is 1. The van der Waals surface area contributed by atoms with Gasteiger partial charge in [-0.25, -0.2) is 4.39 Å². The lowest BCUT2D eigenvalue weighted by atomic mass is 9.89. The highest BCUT2D eigenvalue weighted by Gasteiger charge is 2.30. The summed E-state index contributed by atoms with van der Waals surface area (Å²) in [5.41, 5.74) is 6.80. The Morgan fingerprint density at radius 2 is 2.04 bits per heavy atom. The van der Waals surface area contributed by atoms with Gasteiger partial charge in [0.2, 0.25) is 0 Å². The van der Waals surface area contributed by atoms with Gasteiger partial charge in [-0.2, -0.15) is 0 Å². The van der Waals surface area contributed by atoms with E-state index in [1.807, 2.05) is 38.1 Å². The molecule has 0 aromatic carbocycles. The molecule has 0 saturated carbocycles. The average molecular weight is 333 g/mol. The number of halogens is 1. The van der Waals surface area contributed by atoms with E-state index >= 15 is 0 Å². The second-order valence-corrected chi connectivity index (χ2v) is 7.41. The molecule has 4 nitrogen and oxygen atoms in total. The number of pyridine rings is 1. The maximum absolute atomic E-state index is 13.5. The lowest BCUT2D eigenvalue weighted by molar-refractivity contribution is 0.140. The molecule has 2 atom stereocenters. The van der Waals surface area contributed by atoms with Crippen molar-refractivity contribution in [3.8, 4) is 0 Å². The SMILES string of the molecule is CC(C)C[C@](C)(N)COC1=C(CF)NC(C)(c2ccncc2)C=C1. The van der Waals surface area contributed by atoms with Crippen molar-refractivity contribution in [1.82, 2.24) is 10.3 Å². The van der Waals surface area contributed by atoms with Crippen molar-refractivity contribution in [2.45, 2.75) is 45.2 Å². The van der Waals surface area contributed by atoms with Crippen molar-refractivity contribution in [2.75, 3.05) is 13.3 Å². The summed E-state index contributed by atoms with van der Waals surface area (Å²) < 4.78 is 19.4. The zero-order valence-corrected chi connectivity index (χ0v) is 15.0. The van der Waals surface area contributed by atoms with Crippen LogP contribution in [0.15, 0.2) is 48.1 Å². The lowest BCUT2D eigenvalue weighted by Gasteiger charge is -2.35. The molecule has 1 aromatic heterocycles. The Morgan fingerprint density at radius 1 is 1.38 bits per heavy atom. The Labute approximate surface area is 144 Å². The van der Waals surface area contributed by atoms with E-state index < -0.39 is 17.8 Å². The Kier molecular flexibility index (Phi) is 5.65. The van der Waals surface area contributed by atoms with Gasteiger partial charge in [0.1, 0.15) is 19.0 Å². The summed E-state index contributed by atoms with van der Waals surface area (Å²) >= 11 is 0. The van der Waals surface area contributed by atoms with Crippen LogP contribution in [0.3, 0.4) is 0 Å². The lowest BCUT2D eigenvalue weighted by Crippen LogP contribution is -2.44. The summed E-state index contributed by atoms with van der Waals surface area (Å²) in [6.45, 7) is 7.94. The van der Waals surface area contributed by atoms with E-state index in [4.69, 9.17) is 10.5 Å². The van der Waals surface area contributed by atoms with Crippen LogP contribution < -0.4 is 11.1 Å². The molecule has 1 unspecified atom stereocenters. The van der Waals surface area contributed by atoms with E-state index in [0.717, 1.165) is 12.0 Å². The smallest absolute Gasteiger partial charge is 0.140 e. The Hall–Kier alpha value is -1.88. The quantitative estimate of drug-likeness (QED) is 0.803. The highest BCUT2D eigenvalue weighted by Crippen LogP contribution is 2.29. The molecule has 0 saturated heterocycles. The Balaban J connectivity index is 2.11. The van der Waals surface area contributed by atoms with E-state index in [1.165, 1.54) is 0 Å². The molecule has 0 aliphatic carbocycles. The van der Waals surface area contributed by atoms with Crippen LogP contribution in [0.1, 0.15) is 39.7 Å². The molecule has 0 fully saturated rings. The molecule has 0 bridgehead atoms. The van der Waals surface area contributed by atoms with E-state index in [0.29, 0.717) is 24.0 Å². The number of allylic oxidation sites excluding steroid dienone is 2. The van der Waals surface area contributed by atoms with Crippen LogP contribution in [-0.4, -0.2) is 23.8 Å². The molecule has 132 valence electrons. The van der Waals surface area contributed by atoms with Gasteiger partial charge in [0, 0.05) is 17.9 Å². The van der Waals surface area contributed by atoms with Crippen molar-refractivity contribution < 1.29 is 9.13 Å². The third-order valence-electron chi connectivity index (χ3n) is 4.12. The first-order valence-corrected chi connectivity index (χ1v) is 8.34. The fraction of sp³-hybridized carbons (Fsp3) is 0.526. The monoisotopic (exact) mass is 333 g/mol. The van der Waals surface area contributed by atoms with E-state index in [-0.39, 0.29) is 0 Å². The van der Waals surface area contributed by atoms with Gasteiger partial charge >= 0.3 is 0 Å². The first-order valence-electron chi connectivity index (χ1n) is 8.34. The van der Waals surface area contributed by atoms with E-state index in [9.17, 15) is 4.39 Å². The molecule has 24 heavy (non-hydrogen) atoms. The van der Waals surface area contributed by atoms with Crippen LogP contribution in [0.5, 0.6) is 0 Å². The van der Waals surface area contributed by atoms with Gasteiger partial charge in [-0.05, 0) is 50.0 Å². The zero-order valence-electron chi connectivity index (χ0n) is 15.0. The number of aromatic nitrogens is 1. The molecular formula is C19H28FN3O. The zero-order chi connectivity index (χ0) is 17.8. The summed E-state index contributed by atoms with van der Waals surface area (Å²) in [7, 11) is 0. The van der Waals surface area contributed by atoms with Crippen LogP contribution in [0.25, 0.3) is 0 Å². The summed E-state index contributed by atoms with van der Waals surface area (Å²) in [6.07, 6.45) is 8.11. The third kappa shape index (κ3) is 4.57. The minimum absolute atomic E-state index is 0.349. The van der Waals surface area contributed by atoms with Gasteiger partial charge in [-0.15, -0.1) is 0 Å². The number of rotatable bonds is 7. The number of nitrogens with one attached hydrogen (secondary N) is 1. The number of hydrogen-bond donors (Lipinski definition) is 2. The Morgan fingerprint density at radius 3 is 2.62 bits per heavy atom. The molecule has 0 radical (unpaired) electrons. The van der Waals surface area contributed by atoms with Gasteiger partial charge < -0.3 is 15.8 Å². The van der Waals surface area contributed by atoms with Gasteiger partial charge in [0.05, 0.1) is 11.2 Å². The van der Waals surface area contributed by atoms with Crippen molar-refractivity contribution in [3.05, 3.63) is 53.7 Å². The molecule has 3 N–H and O–H groups in total. The predicted molar refractivity (Wildman–Crippen MR) is 94.9 cm³/mol. The largest absolute Gasteiger partial charge is 0.490 e. The van der Waals surface area contributed by atoms with Crippen LogP contribution in [0.2, 0.25) is 0 Å². The highest BCUT2D eigenvalue weighted by atomic mass is 19.1. The molecule has 1 aliphatic heterocycles. The van der Waals surface area contributed by atoms with Gasteiger partial charge in [-0.1, -0.05) is 19.9 Å². The fourth-order valence-corrected chi connectivity index (χ4v) is 3.09. The standard InChI is InChI=1S/C19H28FN3O/c1-14(2)11-18(3,21)13-24-17-5-8-19(4,23-16(17)12-20)15-6-9-22-10-7-15/h5-10,14,23H,11-13,21H2,1-4H3/t18-,19?/m0/s1.